The first-order valence-corrected chi connectivity index (χ1v) is 7.25. The molecule has 0 N–H and O–H groups in total. The van der Waals surface area contributed by atoms with E-state index in [0.29, 0.717) is 0 Å². The number of benzene rings is 2. The van der Waals surface area contributed by atoms with E-state index in [1.54, 1.807) is 0 Å². The number of unbranched alkanes of at least 4 members (excludes halogenated alkanes) is 1. The van der Waals surface area contributed by atoms with E-state index in [-0.39, 0.29) is 5.56 Å². The summed E-state index contributed by atoms with van der Waals surface area (Å²) in [7, 11) is 0. The van der Waals surface area contributed by atoms with Crippen LogP contribution in [0.5, 0.6) is 0 Å². The minimum Gasteiger partial charge on any atom is -0.308 e. The molecule has 0 saturated carbocycles. The van der Waals surface area contributed by atoms with Gasteiger partial charge in [0.15, 0.2) is 0 Å². The summed E-state index contributed by atoms with van der Waals surface area (Å²) in [6, 6.07) is 14.1. The van der Waals surface area contributed by atoms with Crippen molar-refractivity contribution in [3.8, 4) is 0 Å². The molecule has 102 valence electrons. The van der Waals surface area contributed by atoms with Gasteiger partial charge in [-0.25, -0.2) is 0 Å². The Kier molecular flexibility index (Phi) is 3.31. The average Bonchev–Trinajstić information content (AvgIpc) is 2.47. The second-order valence-corrected chi connectivity index (χ2v) is 5.32. The lowest BCUT2D eigenvalue weighted by Gasteiger charge is -2.14. The molecule has 0 fully saturated rings. The number of aromatic nitrogens is 1. The van der Waals surface area contributed by atoms with Gasteiger partial charge in [-0.15, -0.1) is 0 Å². The number of pyridine rings is 1. The molecule has 0 spiro atoms. The quantitative estimate of drug-likeness (QED) is 0.648. The molecule has 2 heteroatoms. The van der Waals surface area contributed by atoms with E-state index in [1.807, 2.05) is 28.8 Å². The fourth-order valence-electron chi connectivity index (χ4n) is 2.91. The van der Waals surface area contributed by atoms with E-state index >= 15 is 0 Å². The van der Waals surface area contributed by atoms with E-state index in [9.17, 15) is 4.79 Å². The highest BCUT2D eigenvalue weighted by atomic mass is 16.1. The number of aryl methyl sites for hydroxylation is 2. The summed E-state index contributed by atoms with van der Waals surface area (Å²) in [6.45, 7) is 5.06. The number of hydrogen-bond acceptors (Lipinski definition) is 1. The third-order valence-corrected chi connectivity index (χ3v) is 3.95. The van der Waals surface area contributed by atoms with Crippen molar-refractivity contribution in [3.63, 3.8) is 0 Å². The Labute approximate surface area is 118 Å². The maximum atomic E-state index is 12.7. The van der Waals surface area contributed by atoms with Gasteiger partial charge >= 0.3 is 0 Å². The van der Waals surface area contributed by atoms with E-state index in [2.05, 4.69) is 32.0 Å². The largest absolute Gasteiger partial charge is 0.308 e. The highest BCUT2D eigenvalue weighted by Crippen LogP contribution is 2.25. The molecule has 0 unspecified atom stereocenters. The van der Waals surface area contributed by atoms with Crippen molar-refractivity contribution in [1.82, 2.24) is 4.57 Å². The lowest BCUT2D eigenvalue weighted by atomic mass is 10.0. The van der Waals surface area contributed by atoms with E-state index in [4.69, 9.17) is 0 Å². The Balaban J connectivity index is 2.50. The molecule has 1 aromatic heterocycles. The van der Waals surface area contributed by atoms with Crippen molar-refractivity contribution >= 4 is 21.7 Å². The molecule has 0 bridgehead atoms. The van der Waals surface area contributed by atoms with Crippen LogP contribution < -0.4 is 5.56 Å². The van der Waals surface area contributed by atoms with Crippen LogP contribution in [0.15, 0.2) is 47.3 Å². The van der Waals surface area contributed by atoms with Gasteiger partial charge in [0.05, 0.1) is 5.52 Å². The van der Waals surface area contributed by atoms with Gasteiger partial charge < -0.3 is 4.57 Å². The third kappa shape index (κ3) is 1.92. The van der Waals surface area contributed by atoms with E-state index < -0.39 is 0 Å². The zero-order valence-electron chi connectivity index (χ0n) is 12.0. The Bertz CT molecular complexity index is 830. The van der Waals surface area contributed by atoms with E-state index in [0.717, 1.165) is 35.7 Å². The molecule has 0 saturated heterocycles. The van der Waals surface area contributed by atoms with Crippen molar-refractivity contribution in [2.24, 2.45) is 0 Å². The summed E-state index contributed by atoms with van der Waals surface area (Å²) < 4.78 is 1.94. The highest BCUT2D eigenvalue weighted by molar-refractivity contribution is 6.07. The molecule has 3 rings (SSSR count). The summed E-state index contributed by atoms with van der Waals surface area (Å²) in [6.07, 6.45) is 2.12. The first-order chi connectivity index (χ1) is 9.74. The topological polar surface area (TPSA) is 22.0 Å². The van der Waals surface area contributed by atoms with Crippen LogP contribution in [0.4, 0.5) is 0 Å². The van der Waals surface area contributed by atoms with Gasteiger partial charge in [0.25, 0.3) is 5.56 Å². The number of hydrogen-bond donors (Lipinski definition) is 0. The normalized spacial score (nSPS) is 11.3. The van der Waals surface area contributed by atoms with Crippen molar-refractivity contribution in [3.05, 3.63) is 58.4 Å². The van der Waals surface area contributed by atoms with E-state index in [1.165, 1.54) is 10.9 Å². The van der Waals surface area contributed by atoms with Gasteiger partial charge in [-0.1, -0.05) is 43.7 Å². The molecule has 2 aromatic carbocycles. The summed E-state index contributed by atoms with van der Waals surface area (Å²) >= 11 is 0. The highest BCUT2D eigenvalue weighted by Gasteiger charge is 2.11. The smallest absolute Gasteiger partial charge is 0.258 e. The van der Waals surface area contributed by atoms with Gasteiger partial charge in [-0.3, -0.25) is 4.79 Å². The zero-order valence-corrected chi connectivity index (χ0v) is 12.0. The van der Waals surface area contributed by atoms with Crippen LogP contribution >= 0.6 is 0 Å². The molecule has 1 heterocycles. The molecule has 0 atom stereocenters. The maximum absolute atomic E-state index is 12.7. The number of fused-ring (bicyclic) bond motifs is 3. The van der Waals surface area contributed by atoms with Gasteiger partial charge in [-0.05, 0) is 36.4 Å². The molecular weight excluding hydrogens is 246 g/mol. The number of nitrogens with zero attached hydrogens (tertiary/aromatic N) is 1. The SMILES string of the molecule is CCCCn1c(=O)c2ccccc2c2c(C)cccc21. The summed E-state index contributed by atoms with van der Waals surface area (Å²) in [5.74, 6) is 0. The predicted molar refractivity (Wildman–Crippen MR) is 85.4 cm³/mol. The molecule has 0 radical (unpaired) electrons. The third-order valence-electron chi connectivity index (χ3n) is 3.95. The molecule has 0 aliphatic rings. The average molecular weight is 265 g/mol. The van der Waals surface area contributed by atoms with Crippen molar-refractivity contribution in [2.45, 2.75) is 33.2 Å². The molecule has 3 aromatic rings. The zero-order chi connectivity index (χ0) is 14.1. The summed E-state index contributed by atoms with van der Waals surface area (Å²) in [4.78, 5) is 12.7. The summed E-state index contributed by atoms with van der Waals surface area (Å²) in [5.41, 5.74) is 2.42. The van der Waals surface area contributed by atoms with Crippen LogP contribution in [0.1, 0.15) is 25.3 Å². The Morgan fingerprint density at radius 1 is 1.00 bits per heavy atom. The fraction of sp³-hybridized carbons (Fsp3) is 0.278. The predicted octanol–water partition coefficient (Wildman–Crippen LogP) is 4.26. The number of rotatable bonds is 3. The molecule has 2 nitrogen and oxygen atoms in total. The van der Waals surface area contributed by atoms with Crippen LogP contribution in [0.25, 0.3) is 21.7 Å². The van der Waals surface area contributed by atoms with Crippen LogP contribution in [0.2, 0.25) is 0 Å². The Hall–Kier alpha value is -2.09. The van der Waals surface area contributed by atoms with Crippen LogP contribution in [-0.4, -0.2) is 4.57 Å². The first kappa shape index (κ1) is 12.9. The van der Waals surface area contributed by atoms with Crippen LogP contribution in [0.3, 0.4) is 0 Å². The molecular formula is C18H19NO. The molecule has 20 heavy (non-hydrogen) atoms. The second-order valence-electron chi connectivity index (χ2n) is 5.32. The monoisotopic (exact) mass is 265 g/mol. The van der Waals surface area contributed by atoms with Crippen molar-refractivity contribution in [1.29, 1.82) is 0 Å². The lowest BCUT2D eigenvalue weighted by molar-refractivity contribution is 0.635. The minimum atomic E-state index is 0.132. The second kappa shape index (κ2) is 5.12. The molecule has 0 aliphatic heterocycles. The van der Waals surface area contributed by atoms with Gasteiger partial charge in [0.2, 0.25) is 0 Å². The van der Waals surface area contributed by atoms with Crippen molar-refractivity contribution < 1.29 is 0 Å². The Morgan fingerprint density at radius 3 is 2.50 bits per heavy atom. The van der Waals surface area contributed by atoms with Crippen molar-refractivity contribution in [2.75, 3.05) is 0 Å². The van der Waals surface area contributed by atoms with Gasteiger partial charge in [0.1, 0.15) is 0 Å². The summed E-state index contributed by atoms with van der Waals surface area (Å²) in [5, 5.41) is 3.10. The first-order valence-electron chi connectivity index (χ1n) is 7.25. The lowest BCUT2D eigenvalue weighted by Crippen LogP contribution is -2.21. The maximum Gasteiger partial charge on any atom is 0.258 e. The Morgan fingerprint density at radius 2 is 1.75 bits per heavy atom. The van der Waals surface area contributed by atoms with Gasteiger partial charge in [0, 0.05) is 17.3 Å². The van der Waals surface area contributed by atoms with Crippen LogP contribution in [-0.2, 0) is 6.54 Å². The van der Waals surface area contributed by atoms with Crippen LogP contribution in [0, 0.1) is 6.92 Å². The van der Waals surface area contributed by atoms with Gasteiger partial charge in [-0.2, -0.15) is 0 Å². The molecule has 0 amide bonds. The molecule has 0 aliphatic carbocycles. The fourth-order valence-corrected chi connectivity index (χ4v) is 2.91. The standard InChI is InChI=1S/C18H19NO/c1-3-4-12-19-16-11-7-8-13(2)17(16)14-9-5-6-10-15(14)18(19)20/h5-11H,3-4,12H2,1-2H3. The minimum absolute atomic E-state index is 0.132.